The largest absolute Gasteiger partial charge is 0.376 e. The Morgan fingerprint density at radius 2 is 2.18 bits per heavy atom. The first-order chi connectivity index (χ1) is 8.16. The third-order valence-corrected chi connectivity index (χ3v) is 3.86. The normalized spacial score (nSPS) is 36.4. The molecule has 2 fully saturated rings. The van der Waals surface area contributed by atoms with Gasteiger partial charge < -0.3 is 14.8 Å². The summed E-state index contributed by atoms with van der Waals surface area (Å²) >= 11 is 0. The fourth-order valence-corrected chi connectivity index (χ4v) is 2.55. The number of ether oxygens (including phenoxy) is 2. The highest BCUT2D eigenvalue weighted by atomic mass is 16.6. The predicted molar refractivity (Wildman–Crippen MR) is 68.2 cm³/mol. The summed E-state index contributed by atoms with van der Waals surface area (Å²) < 4.78 is 11.2. The highest BCUT2D eigenvalue weighted by Gasteiger charge is 2.29. The first-order valence-corrected chi connectivity index (χ1v) is 6.83. The number of hydrogen-bond donors (Lipinski definition) is 1. The summed E-state index contributed by atoms with van der Waals surface area (Å²) in [5, 5.41) is 3.62. The lowest BCUT2D eigenvalue weighted by atomic mass is 9.99. The first kappa shape index (κ1) is 13.3. The predicted octanol–water partition coefficient (Wildman–Crippen LogP) is 0.720. The van der Waals surface area contributed by atoms with Crippen molar-refractivity contribution < 1.29 is 9.47 Å². The molecule has 4 heteroatoms. The summed E-state index contributed by atoms with van der Waals surface area (Å²) in [6.07, 6.45) is 0.261. The molecular weight excluding hydrogens is 216 g/mol. The lowest BCUT2D eigenvalue weighted by Crippen LogP contribution is -2.59. The highest BCUT2D eigenvalue weighted by Crippen LogP contribution is 2.14. The van der Waals surface area contributed by atoms with Crippen LogP contribution < -0.4 is 5.32 Å². The van der Waals surface area contributed by atoms with Gasteiger partial charge in [0.1, 0.15) is 0 Å². The second-order valence-electron chi connectivity index (χ2n) is 5.63. The average Bonchev–Trinajstić information content (AvgIpc) is 2.33. The van der Waals surface area contributed by atoms with Crippen LogP contribution in [0.4, 0.5) is 0 Å². The lowest BCUT2D eigenvalue weighted by Gasteiger charge is -2.42. The Kier molecular flexibility index (Phi) is 4.79. The van der Waals surface area contributed by atoms with Gasteiger partial charge in [-0.15, -0.1) is 0 Å². The Bertz CT molecular complexity index is 229. The number of piperazine rings is 1. The molecule has 0 aromatic carbocycles. The minimum atomic E-state index is 0.261. The number of hydrogen-bond acceptors (Lipinski definition) is 4. The van der Waals surface area contributed by atoms with Gasteiger partial charge in [0.05, 0.1) is 25.9 Å². The summed E-state index contributed by atoms with van der Waals surface area (Å²) in [6, 6.07) is 1.20. The molecule has 2 saturated heterocycles. The van der Waals surface area contributed by atoms with Gasteiger partial charge in [-0.1, -0.05) is 13.8 Å². The third kappa shape index (κ3) is 3.65. The number of nitrogens with zero attached hydrogens (tertiary/aromatic N) is 1. The van der Waals surface area contributed by atoms with Crippen molar-refractivity contribution in [3.63, 3.8) is 0 Å². The van der Waals surface area contributed by atoms with E-state index in [0.29, 0.717) is 18.0 Å². The Morgan fingerprint density at radius 1 is 1.35 bits per heavy atom. The second-order valence-corrected chi connectivity index (χ2v) is 5.63. The smallest absolute Gasteiger partial charge is 0.0936 e. The van der Waals surface area contributed by atoms with Gasteiger partial charge in [0.25, 0.3) is 0 Å². The van der Waals surface area contributed by atoms with Crippen LogP contribution in [0.25, 0.3) is 0 Å². The van der Waals surface area contributed by atoms with E-state index >= 15 is 0 Å². The van der Waals surface area contributed by atoms with Crippen molar-refractivity contribution in [1.29, 1.82) is 0 Å². The van der Waals surface area contributed by atoms with E-state index < -0.39 is 0 Å². The molecule has 0 saturated carbocycles. The third-order valence-electron chi connectivity index (χ3n) is 3.86. The van der Waals surface area contributed by atoms with Crippen molar-refractivity contribution in [2.45, 2.75) is 39.0 Å². The fraction of sp³-hybridized carbons (Fsp3) is 1.00. The van der Waals surface area contributed by atoms with Gasteiger partial charge in [-0.25, -0.2) is 0 Å². The van der Waals surface area contributed by atoms with Gasteiger partial charge in [0.15, 0.2) is 0 Å². The molecule has 1 N–H and O–H groups in total. The molecule has 0 amide bonds. The van der Waals surface area contributed by atoms with Crippen LogP contribution in [0.5, 0.6) is 0 Å². The van der Waals surface area contributed by atoms with Crippen LogP contribution >= 0.6 is 0 Å². The quantitative estimate of drug-likeness (QED) is 0.791. The van der Waals surface area contributed by atoms with E-state index in [-0.39, 0.29) is 6.10 Å². The van der Waals surface area contributed by atoms with Crippen molar-refractivity contribution in [1.82, 2.24) is 10.2 Å². The highest BCUT2D eigenvalue weighted by molar-refractivity contribution is 4.86. The number of nitrogens with one attached hydrogen (secondary N) is 1. The molecule has 2 aliphatic heterocycles. The van der Waals surface area contributed by atoms with Crippen LogP contribution in [0.1, 0.15) is 20.8 Å². The van der Waals surface area contributed by atoms with Gasteiger partial charge in [-0.3, -0.25) is 4.90 Å². The maximum Gasteiger partial charge on any atom is 0.0936 e. The van der Waals surface area contributed by atoms with E-state index in [1.807, 2.05) is 0 Å². The first-order valence-electron chi connectivity index (χ1n) is 6.83. The standard InChI is InChI=1S/C13H26N2O2/c1-10(2)13-8-15(11(3)6-14-13)7-12-9-16-4-5-17-12/h10-14H,4-9H2,1-3H3. The Hall–Kier alpha value is -0.160. The summed E-state index contributed by atoms with van der Waals surface area (Å²) in [5.74, 6) is 0.688. The van der Waals surface area contributed by atoms with Gasteiger partial charge in [-0.05, 0) is 12.8 Å². The van der Waals surface area contributed by atoms with Crippen molar-refractivity contribution in [3.05, 3.63) is 0 Å². The molecule has 0 radical (unpaired) electrons. The zero-order valence-corrected chi connectivity index (χ0v) is 11.3. The van der Waals surface area contributed by atoms with Crippen LogP contribution in [-0.2, 0) is 9.47 Å². The molecule has 0 aromatic heterocycles. The molecule has 2 heterocycles. The molecule has 0 spiro atoms. The molecule has 0 aromatic rings. The zero-order chi connectivity index (χ0) is 12.3. The minimum Gasteiger partial charge on any atom is -0.376 e. The van der Waals surface area contributed by atoms with E-state index in [1.165, 1.54) is 0 Å². The van der Waals surface area contributed by atoms with Crippen LogP contribution in [0.15, 0.2) is 0 Å². The van der Waals surface area contributed by atoms with E-state index in [0.717, 1.165) is 39.5 Å². The molecule has 2 rings (SSSR count). The van der Waals surface area contributed by atoms with Crippen LogP contribution in [0, 0.1) is 5.92 Å². The average molecular weight is 242 g/mol. The van der Waals surface area contributed by atoms with Gasteiger partial charge in [0, 0.05) is 31.7 Å². The van der Waals surface area contributed by atoms with E-state index in [2.05, 4.69) is 31.0 Å². The molecular formula is C13H26N2O2. The molecule has 3 atom stereocenters. The molecule has 2 aliphatic rings. The molecule has 0 bridgehead atoms. The van der Waals surface area contributed by atoms with Gasteiger partial charge in [-0.2, -0.15) is 0 Å². The minimum absolute atomic E-state index is 0.261. The monoisotopic (exact) mass is 242 g/mol. The zero-order valence-electron chi connectivity index (χ0n) is 11.3. The summed E-state index contributed by atoms with van der Waals surface area (Å²) in [7, 11) is 0. The Morgan fingerprint density at radius 3 is 2.82 bits per heavy atom. The van der Waals surface area contributed by atoms with Crippen molar-refractivity contribution >= 4 is 0 Å². The van der Waals surface area contributed by atoms with Gasteiger partial charge in [0.2, 0.25) is 0 Å². The van der Waals surface area contributed by atoms with Crippen LogP contribution in [0.2, 0.25) is 0 Å². The Labute approximate surface area is 105 Å². The molecule has 4 nitrogen and oxygen atoms in total. The fourth-order valence-electron chi connectivity index (χ4n) is 2.55. The Balaban J connectivity index is 1.84. The molecule has 100 valence electrons. The molecule has 0 aliphatic carbocycles. The van der Waals surface area contributed by atoms with E-state index in [4.69, 9.17) is 9.47 Å². The second kappa shape index (κ2) is 6.14. The number of rotatable bonds is 3. The SMILES string of the molecule is CC(C)C1CN(CC2COCCO2)C(C)CN1. The summed E-state index contributed by atoms with van der Waals surface area (Å²) in [5.41, 5.74) is 0. The maximum absolute atomic E-state index is 5.74. The van der Waals surface area contributed by atoms with Crippen molar-refractivity contribution in [3.8, 4) is 0 Å². The van der Waals surface area contributed by atoms with E-state index in [1.54, 1.807) is 0 Å². The van der Waals surface area contributed by atoms with Crippen molar-refractivity contribution in [2.24, 2.45) is 5.92 Å². The van der Waals surface area contributed by atoms with E-state index in [9.17, 15) is 0 Å². The van der Waals surface area contributed by atoms with Crippen molar-refractivity contribution in [2.75, 3.05) is 39.5 Å². The molecule has 17 heavy (non-hydrogen) atoms. The summed E-state index contributed by atoms with van der Waals surface area (Å²) in [4.78, 5) is 2.54. The van der Waals surface area contributed by atoms with Crippen LogP contribution in [-0.4, -0.2) is 62.5 Å². The maximum atomic E-state index is 5.74. The molecule has 3 unspecified atom stereocenters. The van der Waals surface area contributed by atoms with Crippen LogP contribution in [0.3, 0.4) is 0 Å². The topological polar surface area (TPSA) is 33.7 Å². The summed E-state index contributed by atoms with van der Waals surface area (Å²) in [6.45, 7) is 12.3. The van der Waals surface area contributed by atoms with Gasteiger partial charge >= 0.3 is 0 Å². The lowest BCUT2D eigenvalue weighted by molar-refractivity contribution is -0.103.